The first-order chi connectivity index (χ1) is 15.3. The second-order valence-electron chi connectivity index (χ2n) is 10.8. The number of nitrogens with zero attached hydrogens (tertiary/aromatic N) is 3. The Labute approximate surface area is 190 Å². The van der Waals surface area contributed by atoms with Crippen LogP contribution in [0.25, 0.3) is 11.1 Å². The highest BCUT2D eigenvalue weighted by molar-refractivity contribution is 6.04. The van der Waals surface area contributed by atoms with Gasteiger partial charge in [-0.05, 0) is 50.3 Å². The van der Waals surface area contributed by atoms with E-state index in [-0.39, 0.29) is 23.4 Å². The predicted octanol–water partition coefficient (Wildman–Crippen LogP) is 3.82. The van der Waals surface area contributed by atoms with Crippen LogP contribution in [0.4, 0.5) is 6.01 Å². The number of carbonyl (C=O) groups excluding carboxylic acids is 1. The highest BCUT2D eigenvalue weighted by Gasteiger charge is 2.38. The van der Waals surface area contributed by atoms with Crippen molar-refractivity contribution in [2.45, 2.75) is 77.0 Å². The number of oxazole rings is 1. The molecule has 1 N–H and O–H groups in total. The Morgan fingerprint density at radius 3 is 2.66 bits per heavy atom. The van der Waals surface area contributed by atoms with Crippen molar-refractivity contribution in [3.8, 4) is 0 Å². The molecule has 1 aromatic heterocycles. The van der Waals surface area contributed by atoms with E-state index in [4.69, 9.17) is 14.1 Å². The van der Waals surface area contributed by atoms with E-state index in [2.05, 4.69) is 42.9 Å². The minimum Gasteiger partial charge on any atom is -0.423 e. The molecule has 7 nitrogen and oxygen atoms in total. The zero-order valence-electron chi connectivity index (χ0n) is 19.8. The molecule has 0 aliphatic carbocycles. The third kappa shape index (κ3) is 4.01. The fourth-order valence-electron chi connectivity index (χ4n) is 5.79. The lowest BCUT2D eigenvalue weighted by Crippen LogP contribution is -2.55. The van der Waals surface area contributed by atoms with Crippen LogP contribution in [0, 0.1) is 5.41 Å². The fourth-order valence-corrected chi connectivity index (χ4v) is 5.79. The Morgan fingerprint density at radius 1 is 1.19 bits per heavy atom. The summed E-state index contributed by atoms with van der Waals surface area (Å²) < 4.78 is 11.9. The quantitative estimate of drug-likeness (QED) is 0.782. The second-order valence-corrected chi connectivity index (χ2v) is 10.8. The van der Waals surface area contributed by atoms with E-state index in [1.807, 2.05) is 18.2 Å². The van der Waals surface area contributed by atoms with E-state index in [9.17, 15) is 4.79 Å². The summed E-state index contributed by atoms with van der Waals surface area (Å²) in [6.07, 6.45) is 5.82. The number of fused-ring (bicyclic) bond motifs is 3. The zero-order valence-corrected chi connectivity index (χ0v) is 19.8. The number of amides is 1. The van der Waals surface area contributed by atoms with Gasteiger partial charge < -0.3 is 24.3 Å². The molecule has 1 amide bonds. The summed E-state index contributed by atoms with van der Waals surface area (Å²) in [7, 11) is 2.24. The molecule has 4 atom stereocenters. The van der Waals surface area contributed by atoms with Crippen molar-refractivity contribution in [3.63, 3.8) is 0 Å². The summed E-state index contributed by atoms with van der Waals surface area (Å²) in [5.74, 6) is -0.0441. The van der Waals surface area contributed by atoms with Gasteiger partial charge >= 0.3 is 0 Å². The van der Waals surface area contributed by atoms with E-state index in [1.54, 1.807) is 0 Å². The molecule has 3 aliphatic rings. The Hall–Kier alpha value is -2.12. The number of para-hydroxylation sites is 1. The van der Waals surface area contributed by atoms with Crippen LogP contribution in [0.3, 0.4) is 0 Å². The Kier molecular flexibility index (Phi) is 5.66. The topological polar surface area (TPSA) is 70.8 Å². The van der Waals surface area contributed by atoms with E-state index < -0.39 is 0 Å². The first-order valence-electron chi connectivity index (χ1n) is 12.1. The lowest BCUT2D eigenvalue weighted by atomic mass is 9.82. The number of anilines is 1. The van der Waals surface area contributed by atoms with Gasteiger partial charge in [-0.25, -0.2) is 0 Å². The van der Waals surface area contributed by atoms with Gasteiger partial charge in [0.15, 0.2) is 5.58 Å². The highest BCUT2D eigenvalue weighted by atomic mass is 16.5. The number of hydrogen-bond donors (Lipinski definition) is 1. The number of benzene rings is 1. The standard InChI is InChI=1S/C25H36N4O3/c1-25(2,3)21-15-31-12-11-29(21)24-27-22-19(9-6-10-20(22)32-24)23(30)26-16-13-17-7-5-8-18(14-16)28(17)4/h6,9-10,16-18,21H,5,7-8,11-15H2,1-4H3,(H,26,30)/t16?,17-,18+,21-/m1/s1. The lowest BCUT2D eigenvalue weighted by molar-refractivity contribution is 0.0463. The number of carbonyl (C=O) groups is 1. The molecule has 0 saturated carbocycles. The fraction of sp³-hybridized carbons (Fsp3) is 0.680. The minimum absolute atomic E-state index is 0.0213. The van der Waals surface area contributed by atoms with Crippen LogP contribution in [0.5, 0.6) is 0 Å². The maximum atomic E-state index is 13.3. The van der Waals surface area contributed by atoms with E-state index in [1.165, 1.54) is 19.3 Å². The number of hydrogen-bond acceptors (Lipinski definition) is 6. The average molecular weight is 441 g/mol. The molecule has 3 aliphatic heterocycles. The molecule has 3 saturated heterocycles. The summed E-state index contributed by atoms with van der Waals surface area (Å²) in [4.78, 5) is 22.8. The van der Waals surface area contributed by atoms with E-state index in [0.29, 0.717) is 48.0 Å². The smallest absolute Gasteiger partial charge is 0.298 e. The number of aromatic nitrogens is 1. The third-order valence-corrected chi connectivity index (χ3v) is 7.70. The molecule has 4 heterocycles. The van der Waals surface area contributed by atoms with E-state index in [0.717, 1.165) is 19.4 Å². The van der Waals surface area contributed by atoms with Gasteiger partial charge in [-0.3, -0.25) is 4.79 Å². The SMILES string of the molecule is CN1[C@@H]2CCC[C@H]1CC(NC(=O)c1cccc3oc(N4CCOC[C@@H]4C(C)(C)C)nc13)C2. The number of nitrogens with one attached hydrogen (secondary N) is 1. The van der Waals surface area contributed by atoms with E-state index >= 15 is 0 Å². The maximum absolute atomic E-state index is 13.3. The van der Waals surface area contributed by atoms with Gasteiger partial charge in [0, 0.05) is 24.7 Å². The average Bonchev–Trinajstić information content (AvgIpc) is 3.18. The van der Waals surface area contributed by atoms with Gasteiger partial charge in [-0.15, -0.1) is 0 Å². The van der Waals surface area contributed by atoms with Crippen LogP contribution in [0.1, 0.15) is 63.2 Å². The normalized spacial score (nSPS) is 29.3. The molecular formula is C25H36N4O3. The van der Waals surface area contributed by atoms with Crippen molar-refractivity contribution < 1.29 is 13.9 Å². The van der Waals surface area contributed by atoms with Gasteiger partial charge in [0.2, 0.25) is 0 Å². The van der Waals surface area contributed by atoms with Gasteiger partial charge in [-0.1, -0.05) is 33.3 Å². The molecule has 1 unspecified atom stereocenters. The molecule has 1 aromatic carbocycles. The summed E-state index contributed by atoms with van der Waals surface area (Å²) in [5, 5.41) is 3.32. The summed E-state index contributed by atoms with van der Waals surface area (Å²) in [6, 6.07) is 7.78. The monoisotopic (exact) mass is 440 g/mol. The van der Waals surface area contributed by atoms with Crippen molar-refractivity contribution >= 4 is 23.0 Å². The molecule has 2 aromatic rings. The number of ether oxygens (including phenoxy) is 1. The lowest BCUT2D eigenvalue weighted by Gasteiger charge is -2.47. The largest absolute Gasteiger partial charge is 0.423 e. The van der Waals surface area contributed by atoms with Gasteiger partial charge in [0.1, 0.15) is 5.52 Å². The molecular weight excluding hydrogens is 404 g/mol. The Balaban J connectivity index is 1.38. The van der Waals surface area contributed by atoms with Crippen molar-refractivity contribution in [2.75, 3.05) is 31.7 Å². The zero-order chi connectivity index (χ0) is 22.5. The van der Waals surface area contributed by atoms with Gasteiger partial charge in [-0.2, -0.15) is 4.98 Å². The molecule has 174 valence electrons. The molecule has 0 spiro atoms. The molecule has 7 heteroatoms. The van der Waals surface area contributed by atoms with Crippen LogP contribution < -0.4 is 10.2 Å². The Bertz CT molecular complexity index is 967. The van der Waals surface area contributed by atoms with Gasteiger partial charge in [0.05, 0.1) is 24.8 Å². The summed E-state index contributed by atoms with van der Waals surface area (Å²) in [5.41, 5.74) is 1.93. The molecule has 3 fully saturated rings. The minimum atomic E-state index is -0.0441. The number of piperidine rings is 2. The van der Waals surface area contributed by atoms with Crippen molar-refractivity contribution in [1.29, 1.82) is 0 Å². The van der Waals surface area contributed by atoms with Crippen LogP contribution in [0.2, 0.25) is 0 Å². The molecule has 2 bridgehead atoms. The second kappa shape index (κ2) is 8.34. The summed E-state index contributed by atoms with van der Waals surface area (Å²) in [6.45, 7) is 8.65. The van der Waals surface area contributed by atoms with Crippen molar-refractivity contribution in [3.05, 3.63) is 23.8 Å². The predicted molar refractivity (Wildman–Crippen MR) is 125 cm³/mol. The molecule has 32 heavy (non-hydrogen) atoms. The summed E-state index contributed by atoms with van der Waals surface area (Å²) >= 11 is 0. The van der Waals surface area contributed by atoms with Gasteiger partial charge in [0.25, 0.3) is 11.9 Å². The van der Waals surface area contributed by atoms with Crippen molar-refractivity contribution in [2.24, 2.45) is 5.41 Å². The van der Waals surface area contributed by atoms with Crippen LogP contribution in [-0.2, 0) is 4.74 Å². The Morgan fingerprint density at radius 2 is 1.94 bits per heavy atom. The number of rotatable bonds is 3. The highest BCUT2D eigenvalue weighted by Crippen LogP contribution is 2.34. The number of morpholine rings is 1. The maximum Gasteiger partial charge on any atom is 0.298 e. The first-order valence-corrected chi connectivity index (χ1v) is 12.1. The molecule has 0 radical (unpaired) electrons. The van der Waals surface area contributed by atoms with Crippen LogP contribution in [-0.4, -0.2) is 66.8 Å². The van der Waals surface area contributed by atoms with Crippen molar-refractivity contribution in [1.82, 2.24) is 15.2 Å². The van der Waals surface area contributed by atoms with Crippen LogP contribution in [0.15, 0.2) is 22.6 Å². The van der Waals surface area contributed by atoms with Crippen LogP contribution >= 0.6 is 0 Å². The third-order valence-electron chi connectivity index (χ3n) is 7.70. The first kappa shape index (κ1) is 21.7. The molecule has 5 rings (SSSR count).